The average molecular weight is 414 g/mol. The van der Waals surface area contributed by atoms with E-state index < -0.39 is 24.4 Å². The molecule has 2 aromatic rings. The highest BCUT2D eigenvalue weighted by Gasteiger charge is 2.37. The third-order valence-electron chi connectivity index (χ3n) is 4.56. The van der Waals surface area contributed by atoms with E-state index >= 15 is 0 Å². The molecule has 1 N–H and O–H groups in total. The Labute approximate surface area is 173 Å². The fraction of sp³-hybridized carbons (Fsp3) is 0.286. The highest BCUT2D eigenvalue weighted by molar-refractivity contribution is 7.98. The second kappa shape index (κ2) is 9.47. The Hall–Kier alpha value is -3.00. The third-order valence-corrected chi connectivity index (χ3v) is 5.36. The fourth-order valence-corrected chi connectivity index (χ4v) is 3.69. The zero-order valence-corrected chi connectivity index (χ0v) is 17.0. The van der Waals surface area contributed by atoms with Crippen molar-refractivity contribution in [3.63, 3.8) is 0 Å². The summed E-state index contributed by atoms with van der Waals surface area (Å²) in [5.41, 5.74) is 1.28. The summed E-state index contributed by atoms with van der Waals surface area (Å²) < 4.78 is 10.4. The molecular formula is C21H22N2O5S. The molecule has 1 heterocycles. The van der Waals surface area contributed by atoms with Gasteiger partial charge in [-0.25, -0.2) is 0 Å². The topological polar surface area (TPSA) is 84.9 Å². The summed E-state index contributed by atoms with van der Waals surface area (Å²) in [5.74, 6) is -1.25. The maximum atomic E-state index is 12.4. The average Bonchev–Trinajstić information content (AvgIpc) is 3.13. The van der Waals surface area contributed by atoms with Gasteiger partial charge in [-0.05, 0) is 30.5 Å². The highest BCUT2D eigenvalue weighted by atomic mass is 32.2. The Balaban J connectivity index is 1.56. The number of anilines is 2. The van der Waals surface area contributed by atoms with E-state index in [1.807, 2.05) is 30.5 Å². The Kier molecular flexibility index (Phi) is 6.77. The molecule has 0 radical (unpaired) electrons. The fourth-order valence-electron chi connectivity index (χ4n) is 3.14. The van der Waals surface area contributed by atoms with Crippen molar-refractivity contribution >= 4 is 40.9 Å². The summed E-state index contributed by atoms with van der Waals surface area (Å²) in [6.45, 7) is -0.212. The largest absolute Gasteiger partial charge is 0.495 e. The van der Waals surface area contributed by atoms with E-state index in [9.17, 15) is 14.4 Å². The quantitative estimate of drug-likeness (QED) is 0.554. The summed E-state index contributed by atoms with van der Waals surface area (Å²) in [4.78, 5) is 39.3. The zero-order chi connectivity index (χ0) is 20.8. The van der Waals surface area contributed by atoms with Gasteiger partial charge in [0.05, 0.1) is 24.4 Å². The number of carbonyl (C=O) groups excluding carboxylic acids is 3. The molecule has 2 aromatic carbocycles. The number of para-hydroxylation sites is 3. The Morgan fingerprint density at radius 1 is 1.17 bits per heavy atom. The van der Waals surface area contributed by atoms with Crippen molar-refractivity contribution in [3.8, 4) is 5.75 Å². The third kappa shape index (κ3) is 4.89. The van der Waals surface area contributed by atoms with Crippen molar-refractivity contribution in [1.29, 1.82) is 0 Å². The standard InChI is InChI=1S/C21H22N2O5S/c1-27-17-9-5-4-8-16(17)23-12-14(11-20(23)25)21(26)28-13-19(24)22-15-7-3-6-10-18(15)29-2/h3-10,14H,11-13H2,1-2H3,(H,22,24)/t14-/m0/s1. The van der Waals surface area contributed by atoms with Gasteiger partial charge in [-0.1, -0.05) is 24.3 Å². The minimum atomic E-state index is -0.626. The van der Waals surface area contributed by atoms with Gasteiger partial charge in [0.2, 0.25) is 5.91 Å². The number of amides is 2. The van der Waals surface area contributed by atoms with Crippen molar-refractivity contribution in [2.45, 2.75) is 11.3 Å². The van der Waals surface area contributed by atoms with Crippen molar-refractivity contribution in [2.75, 3.05) is 36.7 Å². The number of ether oxygens (including phenoxy) is 2. The number of carbonyl (C=O) groups is 3. The van der Waals surface area contributed by atoms with Gasteiger partial charge in [-0.2, -0.15) is 0 Å². The van der Waals surface area contributed by atoms with E-state index in [-0.39, 0.29) is 18.9 Å². The normalized spacial score (nSPS) is 15.9. The summed E-state index contributed by atoms with van der Waals surface area (Å²) >= 11 is 1.51. The molecular weight excluding hydrogens is 392 g/mol. The molecule has 1 atom stereocenters. The van der Waals surface area contributed by atoms with Crippen LogP contribution in [-0.2, 0) is 19.1 Å². The zero-order valence-electron chi connectivity index (χ0n) is 16.2. The predicted molar refractivity (Wildman–Crippen MR) is 111 cm³/mol. The molecule has 0 saturated carbocycles. The summed E-state index contributed by atoms with van der Waals surface area (Å²) in [5, 5.41) is 2.73. The van der Waals surface area contributed by atoms with Crippen LogP contribution in [0.5, 0.6) is 5.75 Å². The van der Waals surface area contributed by atoms with Crippen LogP contribution >= 0.6 is 11.8 Å². The van der Waals surface area contributed by atoms with Gasteiger partial charge in [0.1, 0.15) is 5.75 Å². The van der Waals surface area contributed by atoms with Gasteiger partial charge in [-0.15, -0.1) is 11.8 Å². The smallest absolute Gasteiger partial charge is 0.311 e. The van der Waals surface area contributed by atoms with Crippen LogP contribution in [0.25, 0.3) is 0 Å². The number of hydrogen-bond donors (Lipinski definition) is 1. The van der Waals surface area contributed by atoms with E-state index in [1.54, 1.807) is 24.3 Å². The van der Waals surface area contributed by atoms with Gasteiger partial charge in [0, 0.05) is 17.9 Å². The molecule has 152 valence electrons. The van der Waals surface area contributed by atoms with Crippen LogP contribution in [0, 0.1) is 5.92 Å². The van der Waals surface area contributed by atoms with E-state index in [4.69, 9.17) is 9.47 Å². The number of thioether (sulfide) groups is 1. The van der Waals surface area contributed by atoms with Gasteiger partial charge in [0.15, 0.2) is 6.61 Å². The van der Waals surface area contributed by atoms with Crippen molar-refractivity contribution in [1.82, 2.24) is 0 Å². The summed E-state index contributed by atoms with van der Waals surface area (Å²) in [6, 6.07) is 14.5. The van der Waals surface area contributed by atoms with Crippen LogP contribution in [0.2, 0.25) is 0 Å². The molecule has 0 unspecified atom stereocenters. The first-order valence-electron chi connectivity index (χ1n) is 9.06. The van der Waals surface area contributed by atoms with Crippen molar-refractivity contribution < 1.29 is 23.9 Å². The number of rotatable bonds is 7. The molecule has 1 aliphatic heterocycles. The monoisotopic (exact) mass is 414 g/mol. The van der Waals surface area contributed by atoms with E-state index in [2.05, 4.69) is 5.32 Å². The Morgan fingerprint density at radius 3 is 2.66 bits per heavy atom. The lowest BCUT2D eigenvalue weighted by Gasteiger charge is -2.19. The van der Waals surface area contributed by atoms with Crippen LogP contribution in [0.3, 0.4) is 0 Å². The first-order chi connectivity index (χ1) is 14.0. The summed E-state index contributed by atoms with van der Waals surface area (Å²) in [7, 11) is 1.53. The highest BCUT2D eigenvalue weighted by Crippen LogP contribution is 2.33. The minimum Gasteiger partial charge on any atom is -0.495 e. The van der Waals surface area contributed by atoms with Gasteiger partial charge in [-0.3, -0.25) is 14.4 Å². The number of nitrogens with zero attached hydrogens (tertiary/aromatic N) is 1. The van der Waals surface area contributed by atoms with Crippen molar-refractivity contribution in [2.24, 2.45) is 5.92 Å². The van der Waals surface area contributed by atoms with Gasteiger partial charge >= 0.3 is 5.97 Å². The van der Waals surface area contributed by atoms with Crippen LogP contribution in [0.1, 0.15) is 6.42 Å². The molecule has 0 spiro atoms. The lowest BCUT2D eigenvalue weighted by atomic mass is 10.1. The molecule has 1 fully saturated rings. The number of hydrogen-bond acceptors (Lipinski definition) is 6. The molecule has 2 amide bonds. The molecule has 29 heavy (non-hydrogen) atoms. The Morgan fingerprint density at radius 2 is 1.90 bits per heavy atom. The molecule has 3 rings (SSSR count). The lowest BCUT2D eigenvalue weighted by Crippen LogP contribution is -2.28. The maximum absolute atomic E-state index is 12.4. The minimum absolute atomic E-state index is 0.0355. The first-order valence-corrected chi connectivity index (χ1v) is 10.3. The SMILES string of the molecule is COc1ccccc1N1C[C@@H](C(=O)OCC(=O)Nc2ccccc2SC)CC1=O. The predicted octanol–water partition coefficient (Wildman–Crippen LogP) is 2.95. The number of methoxy groups -OCH3 is 1. The maximum Gasteiger partial charge on any atom is 0.311 e. The van der Waals surface area contributed by atoms with E-state index in [0.29, 0.717) is 17.1 Å². The molecule has 1 aliphatic rings. The lowest BCUT2D eigenvalue weighted by molar-refractivity contribution is -0.151. The molecule has 7 nitrogen and oxygen atoms in total. The number of benzene rings is 2. The van der Waals surface area contributed by atoms with Crippen molar-refractivity contribution in [3.05, 3.63) is 48.5 Å². The molecule has 8 heteroatoms. The van der Waals surface area contributed by atoms with Gasteiger partial charge < -0.3 is 19.7 Å². The first kappa shape index (κ1) is 20.7. The molecule has 0 aliphatic carbocycles. The van der Waals surface area contributed by atoms with Crippen LogP contribution < -0.4 is 15.0 Å². The van der Waals surface area contributed by atoms with Crippen LogP contribution in [0.4, 0.5) is 11.4 Å². The van der Waals surface area contributed by atoms with Gasteiger partial charge in [0.25, 0.3) is 5.91 Å². The summed E-state index contributed by atoms with van der Waals surface area (Å²) in [6.07, 6.45) is 1.95. The van der Waals surface area contributed by atoms with Crippen LogP contribution in [0.15, 0.2) is 53.4 Å². The molecule has 1 saturated heterocycles. The Bertz CT molecular complexity index is 917. The van der Waals surface area contributed by atoms with E-state index in [1.165, 1.54) is 23.8 Å². The second-order valence-corrected chi connectivity index (χ2v) is 7.28. The van der Waals surface area contributed by atoms with E-state index in [0.717, 1.165) is 4.90 Å². The number of nitrogens with one attached hydrogen (secondary N) is 1. The molecule has 0 aromatic heterocycles. The molecule has 0 bridgehead atoms. The number of esters is 1. The second-order valence-electron chi connectivity index (χ2n) is 6.43. The van der Waals surface area contributed by atoms with Crippen LogP contribution in [-0.4, -0.2) is 44.3 Å².